The molecule has 1 amide bonds. The molecular formula is C10H12N2O5. The van der Waals surface area contributed by atoms with Crippen LogP contribution in [0.3, 0.4) is 0 Å². The highest BCUT2D eigenvalue weighted by atomic mass is 16.5. The van der Waals surface area contributed by atoms with E-state index in [9.17, 15) is 9.59 Å². The molecule has 1 rings (SSSR count). The number of anilines is 1. The van der Waals surface area contributed by atoms with E-state index in [2.05, 4.69) is 10.2 Å². The zero-order chi connectivity index (χ0) is 12.8. The van der Waals surface area contributed by atoms with Gasteiger partial charge in [0, 0.05) is 6.07 Å². The van der Waals surface area contributed by atoms with Crippen LogP contribution in [0.25, 0.3) is 0 Å². The van der Waals surface area contributed by atoms with Gasteiger partial charge in [-0.25, -0.2) is 15.0 Å². The maximum atomic E-state index is 11.3. The second-order valence-corrected chi connectivity index (χ2v) is 2.96. The van der Waals surface area contributed by atoms with Crippen molar-refractivity contribution in [3.8, 4) is 5.75 Å². The van der Waals surface area contributed by atoms with Crippen LogP contribution in [0.5, 0.6) is 5.75 Å². The van der Waals surface area contributed by atoms with Crippen molar-refractivity contribution in [2.24, 2.45) is 0 Å². The second kappa shape index (κ2) is 5.59. The van der Waals surface area contributed by atoms with Crippen molar-refractivity contribution in [2.75, 3.05) is 19.6 Å². The fourth-order valence-corrected chi connectivity index (χ4v) is 1.17. The van der Waals surface area contributed by atoms with Crippen molar-refractivity contribution in [2.45, 2.75) is 0 Å². The number of carboxylic acid groups (broad SMARTS) is 1. The molecule has 0 aromatic heterocycles. The summed E-state index contributed by atoms with van der Waals surface area (Å²) in [6.45, 7) is 0. The third-order valence-corrected chi connectivity index (χ3v) is 1.92. The summed E-state index contributed by atoms with van der Waals surface area (Å²) in [7, 11) is 2.66. The van der Waals surface area contributed by atoms with E-state index < -0.39 is 12.1 Å². The molecule has 3 N–H and O–H groups in total. The van der Waals surface area contributed by atoms with Gasteiger partial charge in [0.15, 0.2) is 0 Å². The largest absolute Gasteiger partial charge is 0.496 e. The van der Waals surface area contributed by atoms with Crippen LogP contribution in [0, 0.1) is 0 Å². The summed E-state index contributed by atoms with van der Waals surface area (Å²) in [6, 6.07) is 4.46. The Bertz CT molecular complexity index is 433. The third kappa shape index (κ3) is 3.26. The lowest BCUT2D eigenvalue weighted by atomic mass is 10.2. The molecule has 0 radical (unpaired) electrons. The van der Waals surface area contributed by atoms with Crippen molar-refractivity contribution < 1.29 is 24.2 Å². The van der Waals surface area contributed by atoms with Crippen LogP contribution >= 0.6 is 0 Å². The zero-order valence-corrected chi connectivity index (χ0v) is 9.31. The maximum absolute atomic E-state index is 11.3. The summed E-state index contributed by atoms with van der Waals surface area (Å²) in [6.07, 6.45) is -1.22. The number of hydrogen-bond donors (Lipinski definition) is 3. The fourth-order valence-electron chi connectivity index (χ4n) is 1.17. The van der Waals surface area contributed by atoms with E-state index in [4.69, 9.17) is 9.84 Å². The first-order valence-corrected chi connectivity index (χ1v) is 4.59. The topological polar surface area (TPSA) is 96.9 Å². The summed E-state index contributed by atoms with van der Waals surface area (Å²) < 4.78 is 9.57. The van der Waals surface area contributed by atoms with E-state index in [-0.39, 0.29) is 11.3 Å². The summed E-state index contributed by atoms with van der Waals surface area (Å²) in [5.41, 5.74) is 5.09. The standard InChI is InChI=1S/C10H12N2O5/c1-16-8-5-6(11-12-10(14)15)3-4-7(8)9(13)17-2/h3-5,11-12H,1-2H3,(H,14,15). The van der Waals surface area contributed by atoms with E-state index in [0.717, 1.165) is 0 Å². The molecule has 0 saturated carbocycles. The van der Waals surface area contributed by atoms with E-state index >= 15 is 0 Å². The number of methoxy groups -OCH3 is 2. The quantitative estimate of drug-likeness (QED) is 0.538. The number of benzene rings is 1. The average molecular weight is 240 g/mol. The van der Waals surface area contributed by atoms with Gasteiger partial charge in [0.1, 0.15) is 11.3 Å². The molecule has 0 aliphatic carbocycles. The van der Waals surface area contributed by atoms with Gasteiger partial charge in [-0.15, -0.1) is 0 Å². The molecule has 92 valence electrons. The van der Waals surface area contributed by atoms with Crippen LogP contribution in [0.4, 0.5) is 10.5 Å². The highest BCUT2D eigenvalue weighted by Crippen LogP contribution is 2.23. The molecule has 0 aliphatic rings. The van der Waals surface area contributed by atoms with Gasteiger partial charge in [0.2, 0.25) is 0 Å². The van der Waals surface area contributed by atoms with Crippen LogP contribution in [-0.4, -0.2) is 31.4 Å². The number of hydrogen-bond acceptors (Lipinski definition) is 5. The number of esters is 1. The van der Waals surface area contributed by atoms with Gasteiger partial charge in [-0.1, -0.05) is 0 Å². The molecule has 0 aliphatic heterocycles. The molecule has 0 atom stereocenters. The molecule has 7 heteroatoms. The Morgan fingerprint density at radius 2 is 2.00 bits per heavy atom. The molecule has 7 nitrogen and oxygen atoms in total. The molecule has 0 saturated heterocycles. The number of ether oxygens (including phenoxy) is 2. The first kappa shape index (κ1) is 12.6. The Morgan fingerprint density at radius 3 is 2.53 bits per heavy atom. The summed E-state index contributed by atoms with van der Waals surface area (Å²) in [5.74, 6) is -0.242. The minimum Gasteiger partial charge on any atom is -0.496 e. The lowest BCUT2D eigenvalue weighted by Crippen LogP contribution is -2.27. The number of carbonyl (C=O) groups excluding carboxylic acids is 1. The SMILES string of the molecule is COC(=O)c1ccc(NNC(=O)O)cc1OC. The monoisotopic (exact) mass is 240 g/mol. The first-order valence-electron chi connectivity index (χ1n) is 4.59. The smallest absolute Gasteiger partial charge is 0.423 e. The molecule has 1 aromatic carbocycles. The molecule has 17 heavy (non-hydrogen) atoms. The van der Waals surface area contributed by atoms with Crippen LogP contribution < -0.4 is 15.6 Å². The molecule has 0 heterocycles. The Balaban J connectivity index is 2.92. The van der Waals surface area contributed by atoms with Crippen LogP contribution in [0.2, 0.25) is 0 Å². The highest BCUT2D eigenvalue weighted by molar-refractivity contribution is 5.93. The molecule has 0 unspecified atom stereocenters. The number of hydrazine groups is 1. The average Bonchev–Trinajstić information content (AvgIpc) is 2.34. The van der Waals surface area contributed by atoms with Crippen LogP contribution in [0.15, 0.2) is 18.2 Å². The summed E-state index contributed by atoms with van der Waals surface area (Å²) in [4.78, 5) is 21.6. The van der Waals surface area contributed by atoms with Gasteiger partial charge in [0.25, 0.3) is 0 Å². The molecular weight excluding hydrogens is 228 g/mol. The van der Waals surface area contributed by atoms with E-state index in [1.54, 1.807) is 0 Å². The van der Waals surface area contributed by atoms with E-state index in [1.807, 2.05) is 5.43 Å². The van der Waals surface area contributed by atoms with Crippen molar-refractivity contribution in [1.29, 1.82) is 0 Å². The van der Waals surface area contributed by atoms with E-state index in [1.165, 1.54) is 32.4 Å². The number of amides is 1. The number of nitrogens with one attached hydrogen (secondary N) is 2. The van der Waals surface area contributed by atoms with Gasteiger partial charge in [-0.3, -0.25) is 5.43 Å². The third-order valence-electron chi connectivity index (χ3n) is 1.92. The number of carbonyl (C=O) groups is 2. The normalized spacial score (nSPS) is 9.29. The minimum atomic E-state index is -1.22. The zero-order valence-electron chi connectivity index (χ0n) is 9.31. The van der Waals surface area contributed by atoms with Crippen molar-refractivity contribution in [3.05, 3.63) is 23.8 Å². The molecule has 1 aromatic rings. The van der Waals surface area contributed by atoms with Gasteiger partial charge in [-0.2, -0.15) is 0 Å². The Kier molecular flexibility index (Phi) is 4.15. The maximum Gasteiger partial charge on any atom is 0.423 e. The Hall–Kier alpha value is -2.44. The second-order valence-electron chi connectivity index (χ2n) is 2.96. The van der Waals surface area contributed by atoms with Crippen molar-refractivity contribution in [1.82, 2.24) is 5.43 Å². The first-order chi connectivity index (χ1) is 8.08. The van der Waals surface area contributed by atoms with Crippen LogP contribution in [-0.2, 0) is 4.74 Å². The van der Waals surface area contributed by atoms with Gasteiger partial charge < -0.3 is 14.6 Å². The molecule has 0 spiro atoms. The summed E-state index contributed by atoms with van der Waals surface area (Å²) in [5, 5.41) is 8.40. The number of rotatable bonds is 4. The predicted molar refractivity (Wildman–Crippen MR) is 59.1 cm³/mol. The van der Waals surface area contributed by atoms with Crippen molar-refractivity contribution >= 4 is 17.7 Å². The van der Waals surface area contributed by atoms with Gasteiger partial charge in [0.05, 0.1) is 19.9 Å². The lowest BCUT2D eigenvalue weighted by molar-refractivity contribution is 0.0597. The lowest BCUT2D eigenvalue weighted by Gasteiger charge is -2.10. The predicted octanol–water partition coefficient (Wildman–Crippen LogP) is 1.08. The van der Waals surface area contributed by atoms with Crippen LogP contribution in [0.1, 0.15) is 10.4 Å². The Labute approximate surface area is 97.3 Å². The molecule has 0 bridgehead atoms. The minimum absolute atomic E-state index is 0.260. The fraction of sp³-hybridized carbons (Fsp3) is 0.200. The van der Waals surface area contributed by atoms with Gasteiger partial charge >= 0.3 is 12.1 Å². The summed E-state index contributed by atoms with van der Waals surface area (Å²) >= 11 is 0. The van der Waals surface area contributed by atoms with Crippen molar-refractivity contribution in [3.63, 3.8) is 0 Å². The Morgan fingerprint density at radius 1 is 1.29 bits per heavy atom. The molecule has 0 fully saturated rings. The van der Waals surface area contributed by atoms with Gasteiger partial charge in [-0.05, 0) is 12.1 Å². The highest BCUT2D eigenvalue weighted by Gasteiger charge is 2.12. The van der Waals surface area contributed by atoms with E-state index in [0.29, 0.717) is 5.69 Å².